The highest BCUT2D eigenvalue weighted by molar-refractivity contribution is 5.98. The van der Waals surface area contributed by atoms with Crippen LogP contribution in [0.5, 0.6) is 0 Å². The lowest BCUT2D eigenvalue weighted by molar-refractivity contribution is 0.0111. The van der Waals surface area contributed by atoms with Crippen molar-refractivity contribution in [2.75, 3.05) is 19.8 Å². The van der Waals surface area contributed by atoms with E-state index in [1.54, 1.807) is 6.07 Å². The van der Waals surface area contributed by atoms with E-state index in [1.807, 2.05) is 0 Å². The second-order valence-corrected chi connectivity index (χ2v) is 5.19. The number of nitrogens with one attached hydrogen (secondary N) is 1. The Morgan fingerprint density at radius 1 is 1.43 bits per heavy atom. The number of hydrogen-bond donors (Lipinski definition) is 4. The number of oxime groups is 1. The maximum Gasteiger partial charge on any atom is 0.170 e. The van der Waals surface area contributed by atoms with Gasteiger partial charge in [0.25, 0.3) is 0 Å². The number of hydrogen-bond acceptors (Lipinski definition) is 5. The van der Waals surface area contributed by atoms with E-state index in [2.05, 4.69) is 10.5 Å². The molecule has 0 aliphatic carbocycles. The molecule has 5 N–H and O–H groups in total. The van der Waals surface area contributed by atoms with Gasteiger partial charge in [0.1, 0.15) is 5.82 Å². The molecule has 1 aromatic rings. The molecule has 0 atom stereocenters. The van der Waals surface area contributed by atoms with E-state index in [0.717, 1.165) is 0 Å². The molecule has 7 heteroatoms. The van der Waals surface area contributed by atoms with Crippen molar-refractivity contribution in [2.24, 2.45) is 10.9 Å². The number of aliphatic hydroxyl groups excluding tert-OH is 1. The Kier molecular flexibility index (Phi) is 5.11. The fourth-order valence-corrected chi connectivity index (χ4v) is 2.43. The van der Waals surface area contributed by atoms with Gasteiger partial charge in [-0.3, -0.25) is 0 Å². The summed E-state index contributed by atoms with van der Waals surface area (Å²) in [7, 11) is 0. The molecule has 0 spiro atoms. The van der Waals surface area contributed by atoms with Gasteiger partial charge in [0.15, 0.2) is 5.84 Å². The minimum atomic E-state index is -0.455. The van der Waals surface area contributed by atoms with Gasteiger partial charge < -0.3 is 26.1 Å². The van der Waals surface area contributed by atoms with Crippen molar-refractivity contribution >= 4 is 5.84 Å². The fraction of sp³-hybridized carbons (Fsp3) is 0.500. The van der Waals surface area contributed by atoms with Gasteiger partial charge in [0.2, 0.25) is 0 Å². The molecule has 21 heavy (non-hydrogen) atoms. The van der Waals surface area contributed by atoms with Crippen LogP contribution in [0.2, 0.25) is 0 Å². The Balaban J connectivity index is 2.15. The largest absolute Gasteiger partial charge is 0.409 e. The van der Waals surface area contributed by atoms with Crippen LogP contribution in [0.4, 0.5) is 4.39 Å². The molecular formula is C14H20FN3O3. The summed E-state index contributed by atoms with van der Waals surface area (Å²) in [5.41, 5.74) is 6.20. The highest BCUT2D eigenvalue weighted by Gasteiger charge is 2.31. The van der Waals surface area contributed by atoms with E-state index >= 15 is 0 Å². The van der Waals surface area contributed by atoms with Gasteiger partial charge in [0, 0.05) is 30.9 Å². The smallest absolute Gasteiger partial charge is 0.170 e. The summed E-state index contributed by atoms with van der Waals surface area (Å²) in [6, 6.07) is 4.13. The average Bonchev–Trinajstić information content (AvgIpc) is 2.53. The normalized spacial score (nSPS) is 18.7. The molecular weight excluding hydrogens is 277 g/mol. The molecule has 6 nitrogen and oxygen atoms in total. The van der Waals surface area contributed by atoms with E-state index in [9.17, 15) is 9.50 Å². The number of nitrogens with zero attached hydrogens (tertiary/aromatic N) is 1. The van der Waals surface area contributed by atoms with Crippen LogP contribution < -0.4 is 11.1 Å². The Labute approximate surface area is 122 Å². The van der Waals surface area contributed by atoms with Gasteiger partial charge in [0.05, 0.1) is 6.61 Å². The van der Waals surface area contributed by atoms with Gasteiger partial charge in [-0.2, -0.15) is 0 Å². The Hall–Kier alpha value is -1.70. The molecule has 2 rings (SSSR count). The summed E-state index contributed by atoms with van der Waals surface area (Å²) in [6.45, 7) is 1.55. The van der Waals surface area contributed by atoms with Crippen LogP contribution in [0.15, 0.2) is 23.4 Å². The predicted octanol–water partition coefficient (Wildman–Crippen LogP) is 0.551. The Morgan fingerprint density at radius 3 is 2.76 bits per heavy atom. The summed E-state index contributed by atoms with van der Waals surface area (Å²) in [4.78, 5) is 0. The van der Waals surface area contributed by atoms with Gasteiger partial charge in [-0.1, -0.05) is 11.2 Å². The zero-order chi connectivity index (χ0) is 15.3. The van der Waals surface area contributed by atoms with Crippen molar-refractivity contribution in [2.45, 2.75) is 24.9 Å². The molecule has 0 amide bonds. The first-order valence-corrected chi connectivity index (χ1v) is 6.80. The maximum absolute atomic E-state index is 13.3. The molecule has 0 aromatic heterocycles. The van der Waals surface area contributed by atoms with Crippen molar-refractivity contribution in [1.82, 2.24) is 5.32 Å². The SMILES string of the molecule is N/C(=N/O)c1cc(F)ccc1CNC1(CO)CCOCC1. The summed E-state index contributed by atoms with van der Waals surface area (Å²) in [6.07, 6.45) is 1.40. The van der Waals surface area contributed by atoms with E-state index in [4.69, 9.17) is 15.7 Å². The first kappa shape index (κ1) is 15.7. The standard InChI is InChI=1S/C14H20FN3O3/c15-11-2-1-10(12(7-11)13(16)18-20)8-17-14(9-19)3-5-21-6-4-14/h1-2,7,17,19-20H,3-6,8-9H2,(H2,16,18). The number of rotatable bonds is 5. The molecule has 0 bridgehead atoms. The Morgan fingerprint density at radius 2 is 2.14 bits per heavy atom. The third kappa shape index (κ3) is 3.69. The van der Waals surface area contributed by atoms with Crippen molar-refractivity contribution in [3.8, 4) is 0 Å². The van der Waals surface area contributed by atoms with Crippen LogP contribution in [-0.4, -0.2) is 41.5 Å². The first-order valence-electron chi connectivity index (χ1n) is 6.80. The summed E-state index contributed by atoms with van der Waals surface area (Å²) >= 11 is 0. The summed E-state index contributed by atoms with van der Waals surface area (Å²) in [5.74, 6) is -0.598. The number of aliphatic hydroxyl groups is 1. The highest BCUT2D eigenvalue weighted by atomic mass is 19.1. The number of amidine groups is 1. The molecule has 1 fully saturated rings. The Bertz CT molecular complexity index is 516. The van der Waals surface area contributed by atoms with Crippen LogP contribution in [0.3, 0.4) is 0 Å². The second kappa shape index (κ2) is 6.84. The van der Waals surface area contributed by atoms with Gasteiger partial charge in [-0.15, -0.1) is 0 Å². The fourth-order valence-electron chi connectivity index (χ4n) is 2.43. The van der Waals surface area contributed by atoms with E-state index in [-0.39, 0.29) is 12.4 Å². The molecule has 1 saturated heterocycles. The van der Waals surface area contributed by atoms with Crippen LogP contribution in [0, 0.1) is 5.82 Å². The molecule has 1 aromatic carbocycles. The lowest BCUT2D eigenvalue weighted by atomic mass is 9.90. The minimum Gasteiger partial charge on any atom is -0.409 e. The van der Waals surface area contributed by atoms with E-state index < -0.39 is 11.4 Å². The highest BCUT2D eigenvalue weighted by Crippen LogP contribution is 2.21. The quantitative estimate of drug-likeness (QED) is 0.275. The van der Waals surface area contributed by atoms with Crippen molar-refractivity contribution in [3.63, 3.8) is 0 Å². The lowest BCUT2D eigenvalue weighted by Crippen LogP contribution is -2.52. The van der Waals surface area contributed by atoms with Crippen molar-refractivity contribution < 1.29 is 19.4 Å². The third-order valence-electron chi connectivity index (χ3n) is 3.86. The predicted molar refractivity (Wildman–Crippen MR) is 75.6 cm³/mol. The maximum atomic E-state index is 13.3. The monoisotopic (exact) mass is 297 g/mol. The molecule has 0 saturated carbocycles. The first-order chi connectivity index (χ1) is 10.1. The van der Waals surface area contributed by atoms with Crippen LogP contribution in [-0.2, 0) is 11.3 Å². The van der Waals surface area contributed by atoms with E-state index in [1.165, 1.54) is 12.1 Å². The molecule has 1 heterocycles. The van der Waals surface area contributed by atoms with Gasteiger partial charge >= 0.3 is 0 Å². The van der Waals surface area contributed by atoms with Crippen LogP contribution in [0.1, 0.15) is 24.0 Å². The summed E-state index contributed by atoms with van der Waals surface area (Å²) in [5, 5.41) is 24.6. The second-order valence-electron chi connectivity index (χ2n) is 5.19. The molecule has 116 valence electrons. The van der Waals surface area contributed by atoms with Crippen LogP contribution in [0.25, 0.3) is 0 Å². The zero-order valence-electron chi connectivity index (χ0n) is 11.7. The third-order valence-corrected chi connectivity index (χ3v) is 3.86. The van der Waals surface area contributed by atoms with Crippen LogP contribution >= 0.6 is 0 Å². The zero-order valence-corrected chi connectivity index (χ0v) is 11.7. The summed E-state index contributed by atoms with van der Waals surface area (Å²) < 4.78 is 18.6. The van der Waals surface area contributed by atoms with Gasteiger partial charge in [-0.25, -0.2) is 4.39 Å². The minimum absolute atomic E-state index is 0.00351. The molecule has 0 unspecified atom stereocenters. The van der Waals surface area contributed by atoms with Crippen molar-refractivity contribution in [3.05, 3.63) is 35.1 Å². The molecule has 1 aliphatic heterocycles. The number of ether oxygens (including phenoxy) is 1. The molecule has 1 aliphatic rings. The van der Waals surface area contributed by atoms with Crippen molar-refractivity contribution in [1.29, 1.82) is 0 Å². The van der Waals surface area contributed by atoms with E-state index in [0.29, 0.717) is 43.7 Å². The number of nitrogens with two attached hydrogens (primary N) is 1. The molecule has 0 radical (unpaired) electrons. The average molecular weight is 297 g/mol. The lowest BCUT2D eigenvalue weighted by Gasteiger charge is -2.36. The number of benzene rings is 1. The topological polar surface area (TPSA) is 100 Å². The van der Waals surface area contributed by atoms with Gasteiger partial charge in [-0.05, 0) is 30.5 Å². The number of halogens is 1.